The Balaban J connectivity index is 2.49. The van der Waals surface area contributed by atoms with Crippen molar-refractivity contribution < 1.29 is 24.1 Å². The third-order valence-electron chi connectivity index (χ3n) is 3.42. The highest BCUT2D eigenvalue weighted by atomic mass is 16.5. The summed E-state index contributed by atoms with van der Waals surface area (Å²) in [6.45, 7) is 8.73. The summed E-state index contributed by atoms with van der Waals surface area (Å²) in [6, 6.07) is 9.70. The zero-order valence-corrected chi connectivity index (χ0v) is 15.2. The van der Waals surface area contributed by atoms with Gasteiger partial charge in [-0.1, -0.05) is 30.3 Å². The molecule has 24 heavy (non-hydrogen) atoms. The van der Waals surface area contributed by atoms with Crippen LogP contribution in [0.15, 0.2) is 30.3 Å². The largest absolute Gasteiger partial charge is 0.466 e. The van der Waals surface area contributed by atoms with Crippen molar-refractivity contribution in [3.8, 4) is 0 Å². The summed E-state index contributed by atoms with van der Waals surface area (Å²) >= 11 is 0. The van der Waals surface area contributed by atoms with E-state index in [0.29, 0.717) is 19.6 Å². The summed E-state index contributed by atoms with van der Waals surface area (Å²) in [5, 5.41) is 10.3. The number of esters is 1. The van der Waals surface area contributed by atoms with Crippen molar-refractivity contribution in [2.24, 2.45) is 5.92 Å². The van der Waals surface area contributed by atoms with Gasteiger partial charge in [-0.3, -0.25) is 4.79 Å². The smallest absolute Gasteiger partial charge is 0.311 e. The van der Waals surface area contributed by atoms with E-state index in [1.165, 1.54) is 0 Å². The molecule has 0 amide bonds. The summed E-state index contributed by atoms with van der Waals surface area (Å²) in [5.41, 5.74) is 0.738. The molecule has 5 nitrogen and oxygen atoms in total. The van der Waals surface area contributed by atoms with Crippen LogP contribution in [0, 0.1) is 5.92 Å². The Kier molecular flexibility index (Phi) is 8.97. The first-order valence-corrected chi connectivity index (χ1v) is 8.44. The number of carbonyl (C=O) groups excluding carboxylic acids is 1. The minimum absolute atomic E-state index is 0.0773. The minimum Gasteiger partial charge on any atom is -0.466 e. The molecule has 0 fully saturated rings. The lowest BCUT2D eigenvalue weighted by Gasteiger charge is -2.24. The van der Waals surface area contributed by atoms with E-state index in [9.17, 15) is 9.90 Å². The van der Waals surface area contributed by atoms with E-state index in [4.69, 9.17) is 14.2 Å². The number of rotatable bonds is 10. The van der Waals surface area contributed by atoms with Crippen LogP contribution < -0.4 is 0 Å². The molecule has 0 aliphatic rings. The lowest BCUT2D eigenvalue weighted by Crippen LogP contribution is -2.35. The molecule has 0 aromatic heterocycles. The Morgan fingerprint density at radius 3 is 2.46 bits per heavy atom. The fraction of sp³-hybridized carbons (Fsp3) is 0.632. The van der Waals surface area contributed by atoms with Crippen LogP contribution in [0.2, 0.25) is 0 Å². The molecule has 0 saturated heterocycles. The standard InChI is InChI=1S/C19H30O5/c1-5-23-18(21)16(11-12-24-19(2,3)4)17(20)14-22-13-15-9-7-6-8-10-15/h6-10,16-17,20H,5,11-14H2,1-4H3/t16-,17+/m1/s1. The maximum absolute atomic E-state index is 12.1. The molecule has 0 aliphatic heterocycles. The van der Waals surface area contributed by atoms with Crippen LogP contribution in [0.4, 0.5) is 0 Å². The highest BCUT2D eigenvalue weighted by Crippen LogP contribution is 2.16. The number of benzene rings is 1. The lowest BCUT2D eigenvalue weighted by molar-refractivity contribution is -0.155. The molecule has 0 spiro atoms. The predicted octanol–water partition coefficient (Wildman–Crippen LogP) is 2.95. The average Bonchev–Trinajstić information content (AvgIpc) is 2.51. The Morgan fingerprint density at radius 2 is 1.88 bits per heavy atom. The molecule has 0 bridgehead atoms. The Labute approximate surface area is 144 Å². The first-order valence-electron chi connectivity index (χ1n) is 8.44. The first-order chi connectivity index (χ1) is 11.3. The number of hydrogen-bond acceptors (Lipinski definition) is 5. The highest BCUT2D eigenvalue weighted by molar-refractivity contribution is 5.73. The van der Waals surface area contributed by atoms with Crippen LogP contribution >= 0.6 is 0 Å². The minimum atomic E-state index is -0.920. The van der Waals surface area contributed by atoms with Crippen LogP contribution in [0.3, 0.4) is 0 Å². The maximum atomic E-state index is 12.1. The molecule has 1 N–H and O–H groups in total. The molecule has 0 saturated carbocycles. The predicted molar refractivity (Wildman–Crippen MR) is 92.5 cm³/mol. The maximum Gasteiger partial charge on any atom is 0.311 e. The average molecular weight is 338 g/mol. The molecule has 1 aromatic carbocycles. The number of aliphatic hydroxyl groups excluding tert-OH is 1. The Hall–Kier alpha value is -1.43. The lowest BCUT2D eigenvalue weighted by atomic mass is 9.99. The number of aliphatic hydroxyl groups is 1. The van der Waals surface area contributed by atoms with Crippen LogP contribution in [-0.2, 0) is 25.6 Å². The van der Waals surface area contributed by atoms with Gasteiger partial charge in [-0.15, -0.1) is 0 Å². The number of ether oxygens (including phenoxy) is 3. The van der Waals surface area contributed by atoms with Crippen molar-refractivity contribution in [2.45, 2.75) is 52.4 Å². The summed E-state index contributed by atoms with van der Waals surface area (Å²) in [5.74, 6) is -1.06. The topological polar surface area (TPSA) is 65.0 Å². The van der Waals surface area contributed by atoms with E-state index in [-0.39, 0.29) is 18.8 Å². The van der Waals surface area contributed by atoms with Gasteiger partial charge in [0.25, 0.3) is 0 Å². The molecule has 1 rings (SSSR count). The van der Waals surface area contributed by atoms with E-state index in [1.807, 2.05) is 51.1 Å². The van der Waals surface area contributed by atoms with Crippen molar-refractivity contribution in [3.63, 3.8) is 0 Å². The van der Waals surface area contributed by atoms with Gasteiger partial charge in [0, 0.05) is 6.61 Å². The van der Waals surface area contributed by atoms with Crippen LogP contribution in [-0.4, -0.2) is 42.6 Å². The van der Waals surface area contributed by atoms with E-state index in [1.54, 1.807) is 6.92 Å². The van der Waals surface area contributed by atoms with Gasteiger partial charge in [0.05, 0.1) is 37.4 Å². The molecule has 0 aliphatic carbocycles. The molecule has 1 aromatic rings. The van der Waals surface area contributed by atoms with Gasteiger partial charge >= 0.3 is 5.97 Å². The number of carbonyl (C=O) groups is 1. The van der Waals surface area contributed by atoms with Crippen molar-refractivity contribution in [1.82, 2.24) is 0 Å². The van der Waals surface area contributed by atoms with Crippen molar-refractivity contribution in [2.75, 3.05) is 19.8 Å². The zero-order chi connectivity index (χ0) is 18.0. The van der Waals surface area contributed by atoms with Crippen molar-refractivity contribution >= 4 is 5.97 Å². The van der Waals surface area contributed by atoms with E-state index < -0.39 is 18.0 Å². The fourth-order valence-corrected chi connectivity index (χ4v) is 2.20. The number of hydrogen-bond donors (Lipinski definition) is 1. The third kappa shape index (κ3) is 8.43. The van der Waals surface area contributed by atoms with Crippen molar-refractivity contribution in [3.05, 3.63) is 35.9 Å². The fourth-order valence-electron chi connectivity index (χ4n) is 2.20. The Morgan fingerprint density at radius 1 is 1.21 bits per heavy atom. The summed E-state index contributed by atoms with van der Waals surface area (Å²) in [6.07, 6.45) is -0.525. The normalized spacial score (nSPS) is 14.2. The second-order valence-corrected chi connectivity index (χ2v) is 6.68. The summed E-state index contributed by atoms with van der Waals surface area (Å²) < 4.78 is 16.3. The monoisotopic (exact) mass is 338 g/mol. The van der Waals surface area contributed by atoms with Gasteiger partial charge in [0.15, 0.2) is 0 Å². The first kappa shape index (κ1) is 20.6. The summed E-state index contributed by atoms with van der Waals surface area (Å²) in [7, 11) is 0. The van der Waals surface area contributed by atoms with E-state index in [2.05, 4.69) is 0 Å². The third-order valence-corrected chi connectivity index (χ3v) is 3.42. The molecule has 2 atom stereocenters. The molecular weight excluding hydrogens is 308 g/mol. The summed E-state index contributed by atoms with van der Waals surface area (Å²) in [4.78, 5) is 12.1. The molecule has 5 heteroatoms. The SMILES string of the molecule is CCOC(=O)[C@H](CCOC(C)(C)C)[C@@H](O)COCc1ccccc1. The van der Waals surface area contributed by atoms with Gasteiger partial charge < -0.3 is 19.3 Å². The van der Waals surface area contributed by atoms with Crippen LogP contribution in [0.25, 0.3) is 0 Å². The highest BCUT2D eigenvalue weighted by Gasteiger charge is 2.28. The van der Waals surface area contributed by atoms with Gasteiger partial charge in [-0.2, -0.15) is 0 Å². The molecule has 0 radical (unpaired) electrons. The zero-order valence-electron chi connectivity index (χ0n) is 15.2. The van der Waals surface area contributed by atoms with Gasteiger partial charge in [0.2, 0.25) is 0 Å². The van der Waals surface area contributed by atoms with E-state index >= 15 is 0 Å². The molecule has 136 valence electrons. The van der Waals surface area contributed by atoms with Gasteiger partial charge in [-0.25, -0.2) is 0 Å². The van der Waals surface area contributed by atoms with Crippen LogP contribution in [0.1, 0.15) is 39.7 Å². The quantitative estimate of drug-likeness (QED) is 0.665. The molecular formula is C19H30O5. The Bertz CT molecular complexity index is 466. The molecule has 0 unspecified atom stereocenters. The van der Waals surface area contributed by atoms with E-state index in [0.717, 1.165) is 5.56 Å². The van der Waals surface area contributed by atoms with Crippen molar-refractivity contribution in [1.29, 1.82) is 0 Å². The van der Waals surface area contributed by atoms with Crippen LogP contribution in [0.5, 0.6) is 0 Å². The second-order valence-electron chi connectivity index (χ2n) is 6.68. The molecule has 0 heterocycles. The van der Waals surface area contributed by atoms with Gasteiger partial charge in [-0.05, 0) is 39.7 Å². The second kappa shape index (κ2) is 10.4. The van der Waals surface area contributed by atoms with Gasteiger partial charge in [0.1, 0.15) is 0 Å².